The third-order valence-corrected chi connectivity index (χ3v) is 3.86. The van der Waals surface area contributed by atoms with Crippen molar-refractivity contribution in [3.8, 4) is 0 Å². The van der Waals surface area contributed by atoms with Gasteiger partial charge in [0.1, 0.15) is 5.69 Å². The van der Waals surface area contributed by atoms with Crippen LogP contribution in [0.2, 0.25) is 0 Å². The summed E-state index contributed by atoms with van der Waals surface area (Å²) in [6.45, 7) is 0. The van der Waals surface area contributed by atoms with Gasteiger partial charge in [0.15, 0.2) is 0 Å². The summed E-state index contributed by atoms with van der Waals surface area (Å²) < 4.78 is 1.90. The SMILES string of the molecule is Cn1c(C(=O)Nc2ccc3nc[nH]c3c2)cc2ccccc21. The molecule has 5 nitrogen and oxygen atoms in total. The number of rotatable bonds is 2. The molecule has 2 N–H and O–H groups in total. The number of nitrogens with zero attached hydrogens (tertiary/aromatic N) is 2. The number of hydrogen-bond donors (Lipinski definition) is 2. The van der Waals surface area contributed by atoms with Crippen molar-refractivity contribution < 1.29 is 4.79 Å². The zero-order valence-corrected chi connectivity index (χ0v) is 12.0. The Hall–Kier alpha value is -3.08. The van der Waals surface area contributed by atoms with Crippen molar-refractivity contribution in [2.75, 3.05) is 5.32 Å². The zero-order chi connectivity index (χ0) is 15.1. The summed E-state index contributed by atoms with van der Waals surface area (Å²) in [6.07, 6.45) is 1.64. The average Bonchev–Trinajstić information content (AvgIpc) is 3.12. The number of carbonyl (C=O) groups excluding carboxylic acids is 1. The van der Waals surface area contributed by atoms with E-state index in [1.807, 2.05) is 60.1 Å². The van der Waals surface area contributed by atoms with E-state index in [1.165, 1.54) is 0 Å². The Bertz CT molecular complexity index is 996. The lowest BCUT2D eigenvalue weighted by atomic mass is 10.2. The highest BCUT2D eigenvalue weighted by Gasteiger charge is 2.13. The molecule has 0 aliphatic heterocycles. The van der Waals surface area contributed by atoms with Crippen LogP contribution in [0, 0.1) is 0 Å². The van der Waals surface area contributed by atoms with Gasteiger partial charge in [-0.15, -0.1) is 0 Å². The Labute approximate surface area is 126 Å². The molecule has 4 aromatic rings. The van der Waals surface area contributed by atoms with Crippen LogP contribution in [-0.4, -0.2) is 20.4 Å². The highest BCUT2D eigenvalue weighted by molar-refractivity contribution is 6.06. The second-order valence-electron chi connectivity index (χ2n) is 5.24. The second-order valence-corrected chi connectivity index (χ2v) is 5.24. The zero-order valence-electron chi connectivity index (χ0n) is 12.0. The van der Waals surface area contributed by atoms with Gasteiger partial charge in [0, 0.05) is 23.6 Å². The highest BCUT2D eigenvalue weighted by atomic mass is 16.1. The minimum atomic E-state index is -0.127. The molecule has 0 spiro atoms. The van der Waals surface area contributed by atoms with E-state index in [4.69, 9.17) is 0 Å². The first-order chi connectivity index (χ1) is 10.7. The molecule has 2 aromatic heterocycles. The normalized spacial score (nSPS) is 11.1. The van der Waals surface area contributed by atoms with Crippen LogP contribution in [0.15, 0.2) is 54.9 Å². The highest BCUT2D eigenvalue weighted by Crippen LogP contribution is 2.20. The Balaban J connectivity index is 1.69. The van der Waals surface area contributed by atoms with E-state index >= 15 is 0 Å². The average molecular weight is 290 g/mol. The fourth-order valence-corrected chi connectivity index (χ4v) is 2.72. The molecule has 0 aliphatic carbocycles. The van der Waals surface area contributed by atoms with Gasteiger partial charge in [-0.1, -0.05) is 18.2 Å². The number of hydrogen-bond acceptors (Lipinski definition) is 2. The van der Waals surface area contributed by atoms with Gasteiger partial charge in [0.2, 0.25) is 0 Å². The monoisotopic (exact) mass is 290 g/mol. The van der Waals surface area contributed by atoms with Crippen LogP contribution >= 0.6 is 0 Å². The van der Waals surface area contributed by atoms with Crippen molar-refractivity contribution in [2.45, 2.75) is 0 Å². The molecule has 0 bridgehead atoms. The van der Waals surface area contributed by atoms with Gasteiger partial charge in [-0.25, -0.2) is 4.98 Å². The number of aromatic amines is 1. The van der Waals surface area contributed by atoms with Crippen LogP contribution in [0.1, 0.15) is 10.5 Å². The lowest BCUT2D eigenvalue weighted by Gasteiger charge is -2.06. The predicted octanol–water partition coefficient (Wildman–Crippen LogP) is 3.31. The number of aromatic nitrogens is 3. The molecule has 22 heavy (non-hydrogen) atoms. The van der Waals surface area contributed by atoms with E-state index in [2.05, 4.69) is 15.3 Å². The molecule has 0 fully saturated rings. The maximum absolute atomic E-state index is 12.5. The van der Waals surface area contributed by atoms with E-state index in [1.54, 1.807) is 6.33 Å². The van der Waals surface area contributed by atoms with Crippen LogP contribution in [0.3, 0.4) is 0 Å². The maximum Gasteiger partial charge on any atom is 0.272 e. The van der Waals surface area contributed by atoms with Crippen molar-refractivity contribution >= 4 is 33.5 Å². The number of fused-ring (bicyclic) bond motifs is 2. The molecule has 0 aliphatic rings. The minimum Gasteiger partial charge on any atom is -0.345 e. The van der Waals surface area contributed by atoms with Crippen molar-refractivity contribution in [3.63, 3.8) is 0 Å². The largest absolute Gasteiger partial charge is 0.345 e. The van der Waals surface area contributed by atoms with E-state index in [0.717, 1.165) is 27.6 Å². The van der Waals surface area contributed by atoms with E-state index in [9.17, 15) is 4.79 Å². The molecule has 2 aromatic carbocycles. The van der Waals surface area contributed by atoms with E-state index in [-0.39, 0.29) is 5.91 Å². The molecular formula is C17H14N4O. The summed E-state index contributed by atoms with van der Waals surface area (Å²) in [5, 5.41) is 3.99. The van der Waals surface area contributed by atoms with Gasteiger partial charge in [-0.05, 0) is 30.3 Å². The van der Waals surface area contributed by atoms with Crippen molar-refractivity contribution in [1.29, 1.82) is 0 Å². The van der Waals surface area contributed by atoms with E-state index in [0.29, 0.717) is 5.69 Å². The first-order valence-corrected chi connectivity index (χ1v) is 7.01. The number of aryl methyl sites for hydroxylation is 1. The number of nitrogens with one attached hydrogen (secondary N) is 2. The molecule has 0 radical (unpaired) electrons. The molecular weight excluding hydrogens is 276 g/mol. The van der Waals surface area contributed by atoms with Crippen LogP contribution in [0.5, 0.6) is 0 Å². The summed E-state index contributed by atoms with van der Waals surface area (Å²) in [6, 6.07) is 15.5. The molecule has 0 saturated carbocycles. The van der Waals surface area contributed by atoms with Gasteiger partial charge >= 0.3 is 0 Å². The topological polar surface area (TPSA) is 62.7 Å². The fourth-order valence-electron chi connectivity index (χ4n) is 2.72. The molecule has 108 valence electrons. The van der Waals surface area contributed by atoms with Crippen molar-refractivity contribution in [3.05, 3.63) is 60.6 Å². The predicted molar refractivity (Wildman–Crippen MR) is 87.0 cm³/mol. The van der Waals surface area contributed by atoms with E-state index < -0.39 is 0 Å². The first kappa shape index (κ1) is 12.6. The minimum absolute atomic E-state index is 0.127. The number of benzene rings is 2. The molecule has 0 atom stereocenters. The van der Waals surface area contributed by atoms with Crippen molar-refractivity contribution in [1.82, 2.24) is 14.5 Å². The van der Waals surface area contributed by atoms with Crippen LogP contribution in [0.4, 0.5) is 5.69 Å². The lowest BCUT2D eigenvalue weighted by molar-refractivity contribution is 0.102. The molecule has 1 amide bonds. The number of carbonyl (C=O) groups is 1. The van der Waals surface area contributed by atoms with Crippen LogP contribution in [0.25, 0.3) is 21.9 Å². The van der Waals surface area contributed by atoms with Crippen LogP contribution < -0.4 is 5.32 Å². The summed E-state index contributed by atoms with van der Waals surface area (Å²) in [5.74, 6) is -0.127. The number of imidazole rings is 1. The number of para-hydroxylation sites is 1. The van der Waals surface area contributed by atoms with Gasteiger partial charge in [-0.3, -0.25) is 4.79 Å². The van der Waals surface area contributed by atoms with Gasteiger partial charge in [0.05, 0.1) is 17.4 Å². The lowest BCUT2D eigenvalue weighted by Crippen LogP contribution is -2.15. The molecule has 5 heteroatoms. The smallest absolute Gasteiger partial charge is 0.272 e. The number of amides is 1. The van der Waals surface area contributed by atoms with Gasteiger partial charge in [0.25, 0.3) is 5.91 Å². The molecule has 4 rings (SSSR count). The molecule has 2 heterocycles. The van der Waals surface area contributed by atoms with Crippen molar-refractivity contribution in [2.24, 2.45) is 7.05 Å². The summed E-state index contributed by atoms with van der Waals surface area (Å²) >= 11 is 0. The number of H-pyrrole nitrogens is 1. The maximum atomic E-state index is 12.5. The first-order valence-electron chi connectivity index (χ1n) is 7.01. The summed E-state index contributed by atoms with van der Waals surface area (Å²) in [5.41, 5.74) is 4.19. The third kappa shape index (κ3) is 1.95. The Morgan fingerprint density at radius 2 is 2.05 bits per heavy atom. The van der Waals surface area contributed by atoms with Gasteiger partial charge in [-0.2, -0.15) is 0 Å². The Kier molecular flexibility index (Phi) is 2.72. The summed E-state index contributed by atoms with van der Waals surface area (Å²) in [4.78, 5) is 19.7. The van der Waals surface area contributed by atoms with Crippen LogP contribution in [-0.2, 0) is 7.05 Å². The molecule has 0 saturated heterocycles. The standard InChI is InChI=1S/C17H14N4O/c1-21-15-5-3-2-4-11(15)8-16(21)17(22)20-12-6-7-13-14(9-12)19-10-18-13/h2-10H,1H3,(H,18,19)(H,20,22). The van der Waals surface area contributed by atoms with Gasteiger partial charge < -0.3 is 14.9 Å². The number of anilines is 1. The Morgan fingerprint density at radius 3 is 2.91 bits per heavy atom. The molecule has 0 unspecified atom stereocenters. The third-order valence-electron chi connectivity index (χ3n) is 3.86. The second kappa shape index (κ2) is 4.73. The Morgan fingerprint density at radius 1 is 1.18 bits per heavy atom. The fraction of sp³-hybridized carbons (Fsp3) is 0.0588. The quantitative estimate of drug-likeness (QED) is 0.595. The summed E-state index contributed by atoms with van der Waals surface area (Å²) in [7, 11) is 1.90.